The van der Waals surface area contributed by atoms with Crippen molar-refractivity contribution in [1.29, 1.82) is 0 Å². The Hall–Kier alpha value is -1.33. The van der Waals surface area contributed by atoms with Crippen molar-refractivity contribution in [3.63, 3.8) is 0 Å². The smallest absolute Gasteiger partial charge is 0.262 e. The molecule has 1 heterocycles. The lowest BCUT2D eigenvalue weighted by Crippen LogP contribution is -2.29. The van der Waals surface area contributed by atoms with Gasteiger partial charge >= 0.3 is 0 Å². The summed E-state index contributed by atoms with van der Waals surface area (Å²) in [4.78, 5) is 14.6. The molecule has 1 amide bonds. The van der Waals surface area contributed by atoms with E-state index < -0.39 is 0 Å². The van der Waals surface area contributed by atoms with E-state index in [9.17, 15) is 4.79 Å². The van der Waals surface area contributed by atoms with Crippen LogP contribution in [0.1, 0.15) is 30.4 Å². The van der Waals surface area contributed by atoms with Crippen LogP contribution in [0.15, 0.2) is 18.2 Å². The zero-order valence-corrected chi connectivity index (χ0v) is 19.3. The van der Waals surface area contributed by atoms with Crippen LogP contribution in [0.25, 0.3) is 0 Å². The van der Waals surface area contributed by atoms with Gasteiger partial charge in [-0.15, -0.1) is 0 Å². The van der Waals surface area contributed by atoms with Crippen LogP contribution in [0, 0.1) is 13.8 Å². The predicted octanol–water partition coefficient (Wildman–Crippen LogP) is 6.92. The molecule has 0 bridgehead atoms. The fourth-order valence-electron chi connectivity index (χ4n) is 3.35. The molecule has 1 N–H and O–H groups in total. The number of anilines is 2. The lowest BCUT2D eigenvalue weighted by atomic mass is 10.1. The standard InChI is InChI=1S/C21H22Cl4N2O2/c1-12-18(23)13(2)20(25)21(19(12)24)29-11-17(28)26-14-6-7-16(15(22)10-14)27-8-4-3-5-9-27/h6-7,10H,3-5,8-9,11H2,1-2H3,(H,26,28). The first-order valence-corrected chi connectivity index (χ1v) is 10.9. The molecular weight excluding hydrogens is 454 g/mol. The second kappa shape index (κ2) is 9.65. The summed E-state index contributed by atoms with van der Waals surface area (Å²) >= 11 is 25.2. The summed E-state index contributed by atoms with van der Waals surface area (Å²) < 4.78 is 5.59. The highest BCUT2D eigenvalue weighted by atomic mass is 35.5. The fourth-order valence-corrected chi connectivity index (χ4v) is 4.47. The number of carbonyl (C=O) groups is 1. The van der Waals surface area contributed by atoms with Crippen LogP contribution in [0.3, 0.4) is 0 Å². The lowest BCUT2D eigenvalue weighted by Gasteiger charge is -2.29. The third-order valence-electron chi connectivity index (χ3n) is 4.99. The minimum atomic E-state index is -0.343. The molecule has 0 atom stereocenters. The normalized spacial score (nSPS) is 14.1. The van der Waals surface area contributed by atoms with Gasteiger partial charge in [0.25, 0.3) is 5.91 Å². The SMILES string of the molecule is Cc1c(Cl)c(C)c(Cl)c(OCC(=O)Nc2ccc(N3CCCCC3)c(Cl)c2)c1Cl. The third kappa shape index (κ3) is 5.05. The molecule has 2 aromatic carbocycles. The van der Waals surface area contributed by atoms with Crippen LogP contribution in [-0.2, 0) is 4.79 Å². The highest BCUT2D eigenvalue weighted by molar-refractivity contribution is 6.42. The molecule has 2 aromatic rings. The molecule has 0 radical (unpaired) electrons. The van der Waals surface area contributed by atoms with Crippen LogP contribution in [-0.4, -0.2) is 25.6 Å². The molecule has 8 heteroatoms. The summed E-state index contributed by atoms with van der Waals surface area (Å²) in [6, 6.07) is 5.52. The minimum Gasteiger partial charge on any atom is -0.481 e. The summed E-state index contributed by atoms with van der Waals surface area (Å²) in [5.74, 6) is -0.0921. The van der Waals surface area contributed by atoms with E-state index in [2.05, 4.69) is 10.2 Å². The molecule has 4 nitrogen and oxygen atoms in total. The highest BCUT2D eigenvalue weighted by Gasteiger charge is 2.19. The van der Waals surface area contributed by atoms with E-state index in [-0.39, 0.29) is 18.3 Å². The number of benzene rings is 2. The summed E-state index contributed by atoms with van der Waals surface area (Å²) in [5.41, 5.74) is 2.91. The van der Waals surface area contributed by atoms with E-state index >= 15 is 0 Å². The van der Waals surface area contributed by atoms with Crippen molar-refractivity contribution in [3.05, 3.63) is 49.4 Å². The van der Waals surface area contributed by atoms with Crippen LogP contribution in [0.2, 0.25) is 20.1 Å². The Morgan fingerprint density at radius 2 is 1.62 bits per heavy atom. The van der Waals surface area contributed by atoms with Crippen molar-refractivity contribution < 1.29 is 9.53 Å². The lowest BCUT2D eigenvalue weighted by molar-refractivity contribution is -0.118. The maximum atomic E-state index is 12.3. The van der Waals surface area contributed by atoms with Crippen molar-refractivity contribution >= 4 is 63.7 Å². The van der Waals surface area contributed by atoms with Crippen molar-refractivity contribution in [2.45, 2.75) is 33.1 Å². The second-order valence-electron chi connectivity index (χ2n) is 7.07. The molecule has 0 aromatic heterocycles. The average Bonchev–Trinajstić information content (AvgIpc) is 2.71. The van der Waals surface area contributed by atoms with E-state index in [1.807, 2.05) is 12.1 Å². The van der Waals surface area contributed by atoms with Gasteiger partial charge in [0.15, 0.2) is 12.4 Å². The van der Waals surface area contributed by atoms with Crippen molar-refractivity contribution in [2.24, 2.45) is 0 Å². The molecule has 1 aliphatic heterocycles. The number of hydrogen-bond acceptors (Lipinski definition) is 3. The number of rotatable bonds is 5. The summed E-state index contributed by atoms with van der Waals surface area (Å²) in [6.45, 7) is 5.30. The van der Waals surface area contributed by atoms with Gasteiger partial charge in [-0.05, 0) is 62.4 Å². The molecule has 1 fully saturated rings. The zero-order valence-electron chi connectivity index (χ0n) is 16.3. The van der Waals surface area contributed by atoms with Gasteiger partial charge in [-0.3, -0.25) is 4.79 Å². The van der Waals surface area contributed by atoms with Gasteiger partial charge in [0.2, 0.25) is 0 Å². The van der Waals surface area contributed by atoms with Crippen molar-refractivity contribution in [3.8, 4) is 5.75 Å². The maximum absolute atomic E-state index is 12.3. The van der Waals surface area contributed by atoms with E-state index in [4.69, 9.17) is 51.1 Å². The molecule has 156 valence electrons. The van der Waals surface area contributed by atoms with E-state index in [0.29, 0.717) is 36.9 Å². The Balaban J connectivity index is 1.65. The Kier molecular flexibility index (Phi) is 7.44. The third-order valence-corrected chi connectivity index (χ3v) is 6.77. The Morgan fingerprint density at radius 1 is 1.00 bits per heavy atom. The molecule has 0 unspecified atom stereocenters. The van der Waals surface area contributed by atoms with Crippen molar-refractivity contribution in [1.82, 2.24) is 0 Å². The number of nitrogens with one attached hydrogen (secondary N) is 1. The quantitative estimate of drug-likeness (QED) is 0.509. The Morgan fingerprint density at radius 3 is 2.21 bits per heavy atom. The predicted molar refractivity (Wildman–Crippen MR) is 123 cm³/mol. The van der Waals surface area contributed by atoms with E-state index in [0.717, 1.165) is 18.8 Å². The molecule has 0 aliphatic carbocycles. The van der Waals surface area contributed by atoms with Crippen LogP contribution in [0.5, 0.6) is 5.75 Å². The monoisotopic (exact) mass is 474 g/mol. The average molecular weight is 476 g/mol. The Labute approximate surface area is 191 Å². The number of nitrogens with zero attached hydrogens (tertiary/aromatic N) is 1. The first kappa shape index (κ1) is 22.4. The molecule has 1 aliphatic rings. The molecule has 29 heavy (non-hydrogen) atoms. The Bertz CT molecular complexity index is 898. The number of amides is 1. The summed E-state index contributed by atoms with van der Waals surface area (Å²) in [6.07, 6.45) is 3.59. The number of carbonyl (C=O) groups excluding carboxylic acids is 1. The number of halogens is 4. The molecule has 1 saturated heterocycles. The molecular formula is C21H22Cl4N2O2. The van der Waals surface area contributed by atoms with Crippen LogP contribution in [0.4, 0.5) is 11.4 Å². The second-order valence-corrected chi connectivity index (χ2v) is 8.61. The molecule has 3 rings (SSSR count). The maximum Gasteiger partial charge on any atom is 0.262 e. The van der Waals surface area contributed by atoms with Crippen LogP contribution >= 0.6 is 46.4 Å². The summed E-state index contributed by atoms with van der Waals surface area (Å²) in [7, 11) is 0. The van der Waals surface area contributed by atoms with Gasteiger partial charge in [0, 0.05) is 23.8 Å². The van der Waals surface area contributed by atoms with Crippen LogP contribution < -0.4 is 15.0 Å². The summed E-state index contributed by atoms with van der Waals surface area (Å²) in [5, 5.41) is 4.48. The largest absolute Gasteiger partial charge is 0.481 e. The van der Waals surface area contributed by atoms with Gasteiger partial charge in [0.1, 0.15) is 0 Å². The van der Waals surface area contributed by atoms with Gasteiger partial charge in [-0.1, -0.05) is 46.4 Å². The number of piperidine rings is 1. The van der Waals surface area contributed by atoms with Gasteiger partial charge < -0.3 is 15.0 Å². The van der Waals surface area contributed by atoms with Gasteiger partial charge in [0.05, 0.1) is 20.8 Å². The first-order chi connectivity index (χ1) is 13.8. The number of ether oxygens (including phenoxy) is 1. The van der Waals surface area contributed by atoms with E-state index in [1.54, 1.807) is 19.9 Å². The van der Waals surface area contributed by atoms with E-state index in [1.165, 1.54) is 19.3 Å². The topological polar surface area (TPSA) is 41.6 Å². The first-order valence-electron chi connectivity index (χ1n) is 9.40. The zero-order chi connectivity index (χ0) is 21.1. The van der Waals surface area contributed by atoms with Gasteiger partial charge in [-0.2, -0.15) is 0 Å². The fraction of sp³-hybridized carbons (Fsp3) is 0.381. The molecule has 0 spiro atoms. The highest BCUT2D eigenvalue weighted by Crippen LogP contribution is 2.42. The molecule has 0 saturated carbocycles. The van der Waals surface area contributed by atoms with Gasteiger partial charge in [-0.25, -0.2) is 0 Å². The number of hydrogen-bond donors (Lipinski definition) is 1. The minimum absolute atomic E-state index is 0.245. The van der Waals surface area contributed by atoms with Crippen molar-refractivity contribution in [2.75, 3.05) is 29.9 Å².